The van der Waals surface area contributed by atoms with Crippen molar-refractivity contribution in [2.75, 3.05) is 11.9 Å². The normalized spacial score (nSPS) is 9.33. The highest BCUT2D eigenvalue weighted by molar-refractivity contribution is 7.12. The number of anilines is 1. The van der Waals surface area contributed by atoms with E-state index in [0.717, 1.165) is 5.56 Å². The van der Waals surface area contributed by atoms with Gasteiger partial charge in [0.25, 0.3) is 5.91 Å². The zero-order chi connectivity index (χ0) is 15.1. The van der Waals surface area contributed by atoms with E-state index in [1.165, 1.54) is 11.3 Å². The van der Waals surface area contributed by atoms with Crippen LogP contribution in [-0.2, 0) is 6.42 Å². The molecule has 21 heavy (non-hydrogen) atoms. The van der Waals surface area contributed by atoms with Gasteiger partial charge in [-0.25, -0.2) is 0 Å². The molecule has 0 radical (unpaired) electrons. The van der Waals surface area contributed by atoms with E-state index in [2.05, 4.69) is 23.2 Å². The number of aliphatic hydroxyl groups excluding tert-OH is 1. The van der Waals surface area contributed by atoms with Crippen LogP contribution in [0, 0.1) is 23.2 Å². The van der Waals surface area contributed by atoms with Crippen molar-refractivity contribution in [2.45, 2.75) is 6.42 Å². The van der Waals surface area contributed by atoms with E-state index >= 15 is 0 Å². The van der Waals surface area contributed by atoms with Crippen LogP contribution in [-0.4, -0.2) is 17.6 Å². The smallest absolute Gasteiger partial charge is 0.267 e. The van der Waals surface area contributed by atoms with Crippen molar-refractivity contribution in [2.24, 2.45) is 0 Å². The fraction of sp³-hybridized carbons (Fsp3) is 0.125. The van der Waals surface area contributed by atoms with Crippen LogP contribution in [0.1, 0.15) is 20.8 Å². The van der Waals surface area contributed by atoms with Crippen LogP contribution in [0.2, 0.25) is 0 Å². The van der Waals surface area contributed by atoms with Crippen molar-refractivity contribution in [3.63, 3.8) is 0 Å². The number of carbonyl (C=O) groups is 1. The summed E-state index contributed by atoms with van der Waals surface area (Å²) in [5.74, 6) is 5.05. The van der Waals surface area contributed by atoms with Crippen LogP contribution >= 0.6 is 11.3 Å². The average Bonchev–Trinajstić information content (AvgIpc) is 2.96. The van der Waals surface area contributed by atoms with Crippen LogP contribution in [0.4, 0.5) is 5.69 Å². The zero-order valence-corrected chi connectivity index (χ0v) is 11.9. The number of nitrogens with zero attached hydrogens (tertiary/aromatic N) is 1. The number of aliphatic hydroxyl groups is 1. The van der Waals surface area contributed by atoms with Gasteiger partial charge in [0.15, 0.2) is 0 Å². The first-order chi connectivity index (χ1) is 10.2. The monoisotopic (exact) mass is 296 g/mol. The molecule has 4 nitrogen and oxygen atoms in total. The van der Waals surface area contributed by atoms with Gasteiger partial charge in [-0.3, -0.25) is 4.79 Å². The van der Waals surface area contributed by atoms with Crippen molar-refractivity contribution in [3.05, 3.63) is 51.7 Å². The lowest BCUT2D eigenvalue weighted by atomic mass is 10.1. The van der Waals surface area contributed by atoms with Gasteiger partial charge in [0.1, 0.15) is 11.5 Å². The lowest BCUT2D eigenvalue weighted by Gasteiger charge is -2.04. The Morgan fingerprint density at radius 3 is 2.71 bits per heavy atom. The first-order valence-electron chi connectivity index (χ1n) is 6.19. The summed E-state index contributed by atoms with van der Waals surface area (Å²) in [6.07, 6.45) is 0.347. The first-order valence-corrected chi connectivity index (χ1v) is 7.07. The Hall–Kier alpha value is -2.60. The van der Waals surface area contributed by atoms with Crippen LogP contribution in [0.5, 0.6) is 0 Å². The number of nitrogens with one attached hydrogen (secondary N) is 1. The summed E-state index contributed by atoms with van der Waals surface area (Å²) < 4.78 is 0. The third kappa shape index (κ3) is 3.93. The first kappa shape index (κ1) is 14.8. The SMILES string of the molecule is N#CCc1ccc(NC(=O)c2sccc2C#CCO)cc1. The third-order valence-electron chi connectivity index (χ3n) is 2.67. The van der Waals surface area contributed by atoms with E-state index in [-0.39, 0.29) is 12.5 Å². The minimum absolute atomic E-state index is 0.236. The predicted octanol–water partition coefficient (Wildman–Crippen LogP) is 2.41. The molecule has 2 aromatic rings. The van der Waals surface area contributed by atoms with E-state index in [1.807, 2.05) is 0 Å². The standard InChI is InChI=1S/C16H12N2O2S/c17-9-7-12-3-5-14(6-4-12)18-16(20)15-13(2-1-10-19)8-11-21-15/h3-6,8,11,19H,7,10H2,(H,18,20). The topological polar surface area (TPSA) is 73.1 Å². The van der Waals surface area contributed by atoms with Crippen LogP contribution < -0.4 is 5.32 Å². The molecule has 1 amide bonds. The Labute approximate surface area is 126 Å². The lowest BCUT2D eigenvalue weighted by molar-refractivity contribution is 0.103. The minimum atomic E-state index is -0.239. The number of hydrogen-bond donors (Lipinski definition) is 2. The van der Waals surface area contributed by atoms with Gasteiger partial charge in [0.05, 0.1) is 12.5 Å². The van der Waals surface area contributed by atoms with Gasteiger partial charge in [0.2, 0.25) is 0 Å². The average molecular weight is 296 g/mol. The predicted molar refractivity (Wildman–Crippen MR) is 82.0 cm³/mol. The Morgan fingerprint density at radius 1 is 1.29 bits per heavy atom. The van der Waals surface area contributed by atoms with Gasteiger partial charge in [-0.2, -0.15) is 5.26 Å². The van der Waals surface area contributed by atoms with Crippen LogP contribution in [0.25, 0.3) is 0 Å². The lowest BCUT2D eigenvalue weighted by Crippen LogP contribution is -2.11. The molecule has 1 heterocycles. The molecule has 0 fully saturated rings. The second-order valence-corrected chi connectivity index (χ2v) is 5.03. The zero-order valence-electron chi connectivity index (χ0n) is 11.1. The van der Waals surface area contributed by atoms with Gasteiger partial charge < -0.3 is 10.4 Å². The number of nitriles is 1. The molecule has 5 heteroatoms. The molecular weight excluding hydrogens is 284 g/mol. The maximum absolute atomic E-state index is 12.2. The van der Waals surface area contributed by atoms with Gasteiger partial charge in [0, 0.05) is 11.3 Å². The summed E-state index contributed by atoms with van der Waals surface area (Å²) >= 11 is 1.30. The molecule has 0 aliphatic carbocycles. The maximum Gasteiger partial charge on any atom is 0.267 e. The highest BCUT2D eigenvalue weighted by Crippen LogP contribution is 2.18. The fourth-order valence-electron chi connectivity index (χ4n) is 1.70. The number of benzene rings is 1. The summed E-state index contributed by atoms with van der Waals surface area (Å²) in [4.78, 5) is 12.7. The summed E-state index contributed by atoms with van der Waals surface area (Å²) in [7, 11) is 0. The van der Waals surface area contributed by atoms with Crippen molar-refractivity contribution >= 4 is 22.9 Å². The Bertz CT molecular complexity index is 730. The van der Waals surface area contributed by atoms with E-state index in [1.54, 1.807) is 35.7 Å². The summed E-state index contributed by atoms with van der Waals surface area (Å²) in [6.45, 7) is -0.239. The molecule has 0 saturated carbocycles. The fourth-order valence-corrected chi connectivity index (χ4v) is 2.45. The number of thiophene rings is 1. The third-order valence-corrected chi connectivity index (χ3v) is 3.58. The van der Waals surface area contributed by atoms with Gasteiger partial charge in [-0.05, 0) is 29.1 Å². The van der Waals surface area contributed by atoms with Crippen molar-refractivity contribution in [1.82, 2.24) is 0 Å². The summed E-state index contributed by atoms with van der Waals surface area (Å²) in [5, 5.41) is 21.9. The van der Waals surface area contributed by atoms with Gasteiger partial charge in [-0.1, -0.05) is 24.0 Å². The molecule has 0 bridgehead atoms. The van der Waals surface area contributed by atoms with Crippen LogP contribution in [0.15, 0.2) is 35.7 Å². The molecule has 2 rings (SSSR count). The summed E-state index contributed by atoms with van der Waals surface area (Å²) in [5.41, 5.74) is 2.17. The van der Waals surface area contributed by atoms with E-state index in [0.29, 0.717) is 22.5 Å². The highest BCUT2D eigenvalue weighted by Gasteiger charge is 2.12. The number of carbonyl (C=O) groups excluding carboxylic acids is 1. The Balaban J connectivity index is 2.11. The van der Waals surface area contributed by atoms with Crippen molar-refractivity contribution in [1.29, 1.82) is 5.26 Å². The van der Waals surface area contributed by atoms with Crippen molar-refractivity contribution in [3.8, 4) is 17.9 Å². The molecular formula is C16H12N2O2S. The van der Waals surface area contributed by atoms with E-state index in [9.17, 15) is 4.79 Å². The molecule has 2 N–H and O–H groups in total. The number of amides is 1. The molecule has 1 aromatic heterocycles. The molecule has 0 atom stereocenters. The second kappa shape index (κ2) is 7.25. The number of hydrogen-bond acceptors (Lipinski definition) is 4. The van der Waals surface area contributed by atoms with Gasteiger partial charge >= 0.3 is 0 Å². The quantitative estimate of drug-likeness (QED) is 0.854. The number of rotatable bonds is 3. The molecule has 0 aliphatic rings. The molecule has 0 unspecified atom stereocenters. The molecule has 0 aliphatic heterocycles. The van der Waals surface area contributed by atoms with Crippen LogP contribution in [0.3, 0.4) is 0 Å². The highest BCUT2D eigenvalue weighted by atomic mass is 32.1. The molecule has 1 aromatic carbocycles. The molecule has 0 spiro atoms. The Morgan fingerprint density at radius 2 is 2.05 bits per heavy atom. The van der Waals surface area contributed by atoms with Crippen molar-refractivity contribution < 1.29 is 9.90 Å². The summed E-state index contributed by atoms with van der Waals surface area (Å²) in [6, 6.07) is 11.0. The second-order valence-electron chi connectivity index (χ2n) is 4.11. The maximum atomic E-state index is 12.2. The minimum Gasteiger partial charge on any atom is -0.384 e. The Kier molecular flexibility index (Phi) is 5.11. The van der Waals surface area contributed by atoms with Gasteiger partial charge in [-0.15, -0.1) is 11.3 Å². The largest absolute Gasteiger partial charge is 0.384 e. The van der Waals surface area contributed by atoms with E-state index < -0.39 is 0 Å². The molecule has 104 valence electrons. The molecule has 0 saturated heterocycles. The van der Waals surface area contributed by atoms with E-state index in [4.69, 9.17) is 10.4 Å².